The maximum absolute atomic E-state index is 11.1. The van der Waals surface area contributed by atoms with Gasteiger partial charge in [0.1, 0.15) is 5.75 Å². The Morgan fingerprint density at radius 2 is 1.95 bits per heavy atom. The molecule has 2 rings (SSSR count). The second kappa shape index (κ2) is 5.48. The van der Waals surface area contributed by atoms with E-state index in [-0.39, 0.29) is 6.42 Å². The van der Waals surface area contributed by atoms with Crippen LogP contribution in [-0.4, -0.2) is 42.0 Å². The number of benzene rings is 1. The first-order valence-corrected chi connectivity index (χ1v) is 6.40. The first kappa shape index (κ1) is 13.7. The fourth-order valence-electron chi connectivity index (χ4n) is 2.38. The van der Waals surface area contributed by atoms with Crippen LogP contribution in [0.25, 0.3) is 0 Å². The van der Waals surface area contributed by atoms with Gasteiger partial charge in [0.2, 0.25) is 0 Å². The number of ether oxygens (including phenoxy) is 1. The summed E-state index contributed by atoms with van der Waals surface area (Å²) in [6, 6.07) is 7.65. The topological polar surface area (TPSA) is 70.0 Å². The van der Waals surface area contributed by atoms with Gasteiger partial charge in [0, 0.05) is 25.2 Å². The van der Waals surface area contributed by atoms with Crippen molar-refractivity contribution < 1.29 is 19.7 Å². The standard InChI is InChI=1S/C14H19NO4/c1-19-12-5-3-11(4-6-12)15-9-2-7-14(18,8-10-15)13(16)17/h3-6,18H,2,7-10H2,1H3,(H,16,17). The molecule has 104 valence electrons. The van der Waals surface area contributed by atoms with E-state index in [9.17, 15) is 9.90 Å². The lowest BCUT2D eigenvalue weighted by molar-refractivity contribution is -0.159. The molecule has 1 saturated heterocycles. The molecule has 0 spiro atoms. The van der Waals surface area contributed by atoms with Gasteiger partial charge in [-0.3, -0.25) is 0 Å². The van der Waals surface area contributed by atoms with Crippen molar-refractivity contribution in [1.82, 2.24) is 0 Å². The number of nitrogens with zero attached hydrogens (tertiary/aromatic N) is 1. The normalized spacial score (nSPS) is 23.8. The summed E-state index contributed by atoms with van der Waals surface area (Å²) in [5.74, 6) is -0.329. The molecule has 19 heavy (non-hydrogen) atoms. The molecule has 0 aromatic heterocycles. The molecule has 1 unspecified atom stereocenters. The summed E-state index contributed by atoms with van der Waals surface area (Å²) in [7, 11) is 1.62. The number of aliphatic hydroxyl groups is 1. The van der Waals surface area contributed by atoms with Crippen molar-refractivity contribution in [2.45, 2.75) is 24.9 Å². The lowest BCUT2D eigenvalue weighted by Crippen LogP contribution is -2.39. The van der Waals surface area contributed by atoms with E-state index in [1.54, 1.807) is 7.11 Å². The molecule has 1 heterocycles. The summed E-state index contributed by atoms with van der Waals surface area (Å²) in [4.78, 5) is 13.2. The maximum Gasteiger partial charge on any atom is 0.335 e. The average Bonchev–Trinajstić information content (AvgIpc) is 2.62. The van der Waals surface area contributed by atoms with Crippen molar-refractivity contribution in [3.8, 4) is 5.75 Å². The molecular formula is C14H19NO4. The number of methoxy groups -OCH3 is 1. The minimum atomic E-state index is -1.58. The molecule has 1 aromatic rings. The van der Waals surface area contributed by atoms with E-state index in [2.05, 4.69) is 4.90 Å². The van der Waals surface area contributed by atoms with Crippen molar-refractivity contribution in [2.24, 2.45) is 0 Å². The van der Waals surface area contributed by atoms with Crippen LogP contribution in [0.3, 0.4) is 0 Å². The number of aliphatic carboxylic acids is 1. The van der Waals surface area contributed by atoms with Crippen LogP contribution in [0.1, 0.15) is 19.3 Å². The Morgan fingerprint density at radius 1 is 1.26 bits per heavy atom. The van der Waals surface area contributed by atoms with Gasteiger partial charge in [-0.2, -0.15) is 0 Å². The van der Waals surface area contributed by atoms with Crippen LogP contribution in [0.15, 0.2) is 24.3 Å². The number of rotatable bonds is 3. The molecule has 1 fully saturated rings. The third kappa shape index (κ3) is 2.98. The SMILES string of the molecule is COc1ccc(N2CCCC(O)(C(=O)O)CC2)cc1. The minimum Gasteiger partial charge on any atom is -0.497 e. The van der Waals surface area contributed by atoms with Gasteiger partial charge in [-0.15, -0.1) is 0 Å². The molecule has 0 amide bonds. The van der Waals surface area contributed by atoms with Crippen LogP contribution in [0, 0.1) is 0 Å². The second-order valence-electron chi connectivity index (χ2n) is 4.88. The lowest BCUT2D eigenvalue weighted by atomic mass is 9.95. The number of carbonyl (C=O) groups is 1. The molecule has 1 aliphatic rings. The summed E-state index contributed by atoms with van der Waals surface area (Å²) in [5.41, 5.74) is -0.559. The number of hydrogen-bond acceptors (Lipinski definition) is 4. The summed E-state index contributed by atoms with van der Waals surface area (Å²) < 4.78 is 5.11. The van der Waals surface area contributed by atoms with E-state index >= 15 is 0 Å². The fraction of sp³-hybridized carbons (Fsp3) is 0.500. The van der Waals surface area contributed by atoms with Crippen LogP contribution in [0.4, 0.5) is 5.69 Å². The second-order valence-corrected chi connectivity index (χ2v) is 4.88. The van der Waals surface area contributed by atoms with E-state index in [1.807, 2.05) is 24.3 Å². The molecule has 5 heteroatoms. The van der Waals surface area contributed by atoms with Crippen molar-refractivity contribution in [3.63, 3.8) is 0 Å². The van der Waals surface area contributed by atoms with Crippen LogP contribution in [-0.2, 0) is 4.79 Å². The molecule has 1 atom stereocenters. The van der Waals surface area contributed by atoms with E-state index in [4.69, 9.17) is 9.84 Å². The van der Waals surface area contributed by atoms with E-state index < -0.39 is 11.6 Å². The average molecular weight is 265 g/mol. The molecule has 0 radical (unpaired) electrons. The van der Waals surface area contributed by atoms with E-state index in [1.165, 1.54) is 0 Å². The minimum absolute atomic E-state index is 0.244. The summed E-state index contributed by atoms with van der Waals surface area (Å²) >= 11 is 0. The quantitative estimate of drug-likeness (QED) is 0.866. The molecule has 1 aromatic carbocycles. The number of carboxylic acid groups (broad SMARTS) is 1. The van der Waals surface area contributed by atoms with E-state index in [0.717, 1.165) is 18.0 Å². The first-order valence-electron chi connectivity index (χ1n) is 6.40. The fourth-order valence-corrected chi connectivity index (χ4v) is 2.38. The molecule has 2 N–H and O–H groups in total. The van der Waals surface area contributed by atoms with Gasteiger partial charge in [0.15, 0.2) is 5.60 Å². The van der Waals surface area contributed by atoms with Crippen molar-refractivity contribution in [3.05, 3.63) is 24.3 Å². The van der Waals surface area contributed by atoms with Crippen LogP contribution >= 0.6 is 0 Å². The van der Waals surface area contributed by atoms with Gasteiger partial charge in [-0.25, -0.2) is 4.79 Å². The highest BCUT2D eigenvalue weighted by Gasteiger charge is 2.37. The first-order chi connectivity index (χ1) is 9.05. The van der Waals surface area contributed by atoms with Crippen LogP contribution in [0.5, 0.6) is 5.75 Å². The molecule has 5 nitrogen and oxygen atoms in total. The van der Waals surface area contributed by atoms with Crippen LogP contribution < -0.4 is 9.64 Å². The third-order valence-corrected chi connectivity index (χ3v) is 3.65. The largest absolute Gasteiger partial charge is 0.497 e. The van der Waals surface area contributed by atoms with Gasteiger partial charge < -0.3 is 19.8 Å². The Kier molecular flexibility index (Phi) is 3.95. The smallest absolute Gasteiger partial charge is 0.335 e. The Morgan fingerprint density at radius 3 is 2.53 bits per heavy atom. The van der Waals surface area contributed by atoms with Crippen molar-refractivity contribution in [1.29, 1.82) is 0 Å². The van der Waals surface area contributed by atoms with Crippen LogP contribution in [0.2, 0.25) is 0 Å². The Hall–Kier alpha value is -1.75. The summed E-state index contributed by atoms with van der Waals surface area (Å²) in [5, 5.41) is 19.1. The zero-order valence-corrected chi connectivity index (χ0v) is 11.0. The predicted octanol–water partition coefficient (Wildman–Crippen LogP) is 1.50. The highest BCUT2D eigenvalue weighted by molar-refractivity contribution is 5.77. The third-order valence-electron chi connectivity index (χ3n) is 3.65. The van der Waals surface area contributed by atoms with Gasteiger partial charge in [-0.1, -0.05) is 0 Å². The highest BCUT2D eigenvalue weighted by atomic mass is 16.5. The lowest BCUT2D eigenvalue weighted by Gasteiger charge is -2.24. The van der Waals surface area contributed by atoms with Crippen molar-refractivity contribution >= 4 is 11.7 Å². The van der Waals surface area contributed by atoms with Gasteiger partial charge in [-0.05, 0) is 37.1 Å². The monoisotopic (exact) mass is 265 g/mol. The van der Waals surface area contributed by atoms with Gasteiger partial charge in [0.25, 0.3) is 0 Å². The Bertz CT molecular complexity index is 445. The zero-order valence-electron chi connectivity index (χ0n) is 11.0. The Labute approximate surface area is 112 Å². The van der Waals surface area contributed by atoms with Gasteiger partial charge in [0.05, 0.1) is 7.11 Å². The van der Waals surface area contributed by atoms with Gasteiger partial charge >= 0.3 is 5.97 Å². The Balaban J connectivity index is 2.08. The summed E-state index contributed by atoms with van der Waals surface area (Å²) in [6.45, 7) is 1.29. The number of carboxylic acids is 1. The number of anilines is 1. The highest BCUT2D eigenvalue weighted by Crippen LogP contribution is 2.27. The summed E-state index contributed by atoms with van der Waals surface area (Å²) in [6.07, 6.45) is 1.21. The van der Waals surface area contributed by atoms with E-state index in [0.29, 0.717) is 19.4 Å². The molecule has 0 saturated carbocycles. The molecule has 1 aliphatic heterocycles. The molecule has 0 aliphatic carbocycles. The predicted molar refractivity (Wildman–Crippen MR) is 71.6 cm³/mol. The van der Waals surface area contributed by atoms with Crippen molar-refractivity contribution in [2.75, 3.05) is 25.1 Å². The molecular weight excluding hydrogens is 246 g/mol. The maximum atomic E-state index is 11.1. The zero-order chi connectivity index (χ0) is 13.9. The number of hydrogen-bond donors (Lipinski definition) is 2. The molecule has 0 bridgehead atoms.